The van der Waals surface area contributed by atoms with Crippen LogP contribution in [0.15, 0.2) is 18.3 Å². The summed E-state index contributed by atoms with van der Waals surface area (Å²) in [4.78, 5) is 6.25. The Labute approximate surface area is 103 Å². The highest BCUT2D eigenvalue weighted by Gasteiger charge is 2.05. The Morgan fingerprint density at radius 2 is 2.12 bits per heavy atom. The molecule has 0 bridgehead atoms. The summed E-state index contributed by atoms with van der Waals surface area (Å²) in [6, 6.07) is 3.36. The zero-order chi connectivity index (χ0) is 12.7. The molecule has 0 fully saturated rings. The Bertz CT molecular complexity index is 311. The van der Waals surface area contributed by atoms with Crippen LogP contribution in [-0.4, -0.2) is 37.1 Å². The molecule has 1 N–H and O–H groups in total. The molecule has 0 saturated carbocycles. The lowest BCUT2D eigenvalue weighted by Gasteiger charge is -2.14. The van der Waals surface area contributed by atoms with Crippen molar-refractivity contribution in [1.82, 2.24) is 15.2 Å². The van der Waals surface area contributed by atoms with Crippen molar-refractivity contribution in [3.8, 4) is 0 Å². The van der Waals surface area contributed by atoms with Crippen LogP contribution in [0.3, 0.4) is 0 Å². The van der Waals surface area contributed by atoms with E-state index in [1.807, 2.05) is 6.92 Å². The fourth-order valence-electron chi connectivity index (χ4n) is 1.62. The number of hydrogen-bond acceptors (Lipinski definition) is 3. The molecule has 3 nitrogen and oxygen atoms in total. The van der Waals surface area contributed by atoms with Gasteiger partial charge in [-0.3, -0.25) is 4.98 Å². The summed E-state index contributed by atoms with van der Waals surface area (Å²) in [6.45, 7) is 4.13. The van der Waals surface area contributed by atoms with E-state index in [4.69, 9.17) is 0 Å². The fraction of sp³-hybridized carbons (Fsp3) is 0.615. The molecule has 0 aliphatic heterocycles. The molecule has 1 aromatic heterocycles. The van der Waals surface area contributed by atoms with Crippen LogP contribution < -0.4 is 5.32 Å². The van der Waals surface area contributed by atoms with Crippen LogP contribution in [0.4, 0.5) is 4.39 Å². The average molecular weight is 239 g/mol. The van der Waals surface area contributed by atoms with E-state index in [9.17, 15) is 4.39 Å². The minimum Gasteiger partial charge on any atom is -0.309 e. The van der Waals surface area contributed by atoms with Crippen molar-refractivity contribution in [3.05, 3.63) is 29.8 Å². The summed E-state index contributed by atoms with van der Waals surface area (Å²) in [5, 5.41) is 3.39. The third kappa shape index (κ3) is 5.75. The third-order valence-corrected chi connectivity index (χ3v) is 2.68. The number of halogens is 1. The van der Waals surface area contributed by atoms with Crippen LogP contribution in [-0.2, 0) is 0 Å². The largest absolute Gasteiger partial charge is 0.309 e. The number of hydrogen-bond donors (Lipinski definition) is 1. The maximum absolute atomic E-state index is 12.7. The van der Waals surface area contributed by atoms with E-state index in [2.05, 4.69) is 29.3 Å². The van der Waals surface area contributed by atoms with Crippen LogP contribution >= 0.6 is 0 Å². The summed E-state index contributed by atoms with van der Waals surface area (Å²) in [5.74, 6) is -0.285. The second-order valence-corrected chi connectivity index (χ2v) is 4.59. The van der Waals surface area contributed by atoms with Gasteiger partial charge in [-0.05, 0) is 59.1 Å². The highest BCUT2D eigenvalue weighted by atomic mass is 19.1. The molecular formula is C13H22FN3. The van der Waals surface area contributed by atoms with Crippen LogP contribution in [0.2, 0.25) is 0 Å². The van der Waals surface area contributed by atoms with Crippen molar-refractivity contribution in [2.75, 3.05) is 27.2 Å². The van der Waals surface area contributed by atoms with Gasteiger partial charge in [0, 0.05) is 6.04 Å². The molecule has 96 valence electrons. The molecule has 0 aromatic carbocycles. The highest BCUT2D eigenvalue weighted by Crippen LogP contribution is 2.09. The van der Waals surface area contributed by atoms with E-state index < -0.39 is 0 Å². The molecule has 0 radical (unpaired) electrons. The van der Waals surface area contributed by atoms with Gasteiger partial charge in [0.25, 0.3) is 0 Å². The average Bonchev–Trinajstić information content (AvgIpc) is 2.29. The van der Waals surface area contributed by atoms with Crippen LogP contribution in [0.25, 0.3) is 0 Å². The lowest BCUT2D eigenvalue weighted by atomic mass is 10.2. The third-order valence-electron chi connectivity index (χ3n) is 2.68. The highest BCUT2D eigenvalue weighted by molar-refractivity contribution is 5.08. The van der Waals surface area contributed by atoms with Gasteiger partial charge in [-0.1, -0.05) is 0 Å². The number of nitrogens with one attached hydrogen (secondary N) is 1. The second kappa shape index (κ2) is 7.35. The number of nitrogens with zero attached hydrogens (tertiary/aromatic N) is 2. The maximum atomic E-state index is 12.7. The normalized spacial score (nSPS) is 13.0. The van der Waals surface area contributed by atoms with Crippen molar-refractivity contribution in [2.24, 2.45) is 0 Å². The Hall–Kier alpha value is -1.00. The lowest BCUT2D eigenvalue weighted by molar-refractivity contribution is 0.388. The molecule has 1 unspecified atom stereocenters. The Morgan fingerprint density at radius 1 is 1.35 bits per heavy atom. The quantitative estimate of drug-likeness (QED) is 0.739. The molecule has 0 aliphatic carbocycles. The molecule has 17 heavy (non-hydrogen) atoms. The predicted octanol–water partition coefficient (Wildman–Crippen LogP) is 2.21. The van der Waals surface area contributed by atoms with E-state index in [1.165, 1.54) is 18.7 Å². The summed E-state index contributed by atoms with van der Waals surface area (Å²) in [5.41, 5.74) is 0.888. The molecule has 1 atom stereocenters. The van der Waals surface area contributed by atoms with Gasteiger partial charge in [0.2, 0.25) is 0 Å². The Kier molecular flexibility index (Phi) is 6.08. The summed E-state index contributed by atoms with van der Waals surface area (Å²) >= 11 is 0. The van der Waals surface area contributed by atoms with Crippen molar-refractivity contribution < 1.29 is 4.39 Å². The van der Waals surface area contributed by atoms with Gasteiger partial charge < -0.3 is 10.2 Å². The lowest BCUT2D eigenvalue weighted by Crippen LogP contribution is -2.22. The smallest absolute Gasteiger partial charge is 0.141 e. The van der Waals surface area contributed by atoms with Gasteiger partial charge in [-0.25, -0.2) is 4.39 Å². The minimum atomic E-state index is -0.285. The van der Waals surface area contributed by atoms with E-state index in [1.54, 1.807) is 6.07 Å². The molecule has 4 heteroatoms. The maximum Gasteiger partial charge on any atom is 0.141 e. The summed E-state index contributed by atoms with van der Waals surface area (Å²) in [7, 11) is 4.16. The first-order chi connectivity index (χ1) is 8.09. The monoisotopic (exact) mass is 239 g/mol. The van der Waals surface area contributed by atoms with E-state index in [0.29, 0.717) is 0 Å². The number of aromatic nitrogens is 1. The van der Waals surface area contributed by atoms with Crippen molar-refractivity contribution in [1.29, 1.82) is 0 Å². The zero-order valence-electron chi connectivity index (χ0n) is 10.9. The summed E-state index contributed by atoms with van der Waals surface area (Å²) < 4.78 is 12.7. The molecule has 1 heterocycles. The molecule has 1 rings (SSSR count). The van der Waals surface area contributed by atoms with Gasteiger partial charge in [0.05, 0.1) is 11.9 Å². The minimum absolute atomic E-state index is 0.176. The Balaban J connectivity index is 2.21. The SMILES string of the molecule is CC(NCCCCN(C)C)c1ccc(F)cn1. The van der Waals surface area contributed by atoms with E-state index in [-0.39, 0.29) is 11.9 Å². The molecule has 0 spiro atoms. The van der Waals surface area contributed by atoms with Gasteiger partial charge >= 0.3 is 0 Å². The van der Waals surface area contributed by atoms with Crippen molar-refractivity contribution >= 4 is 0 Å². The number of unbranched alkanes of at least 4 members (excludes halogenated alkanes) is 1. The summed E-state index contributed by atoms with van der Waals surface area (Å²) in [6.07, 6.45) is 3.59. The van der Waals surface area contributed by atoms with E-state index >= 15 is 0 Å². The van der Waals surface area contributed by atoms with Crippen molar-refractivity contribution in [2.45, 2.75) is 25.8 Å². The zero-order valence-corrected chi connectivity index (χ0v) is 10.9. The van der Waals surface area contributed by atoms with Crippen LogP contribution in [0.5, 0.6) is 0 Å². The van der Waals surface area contributed by atoms with Gasteiger partial charge in [0.1, 0.15) is 5.82 Å². The number of rotatable bonds is 7. The van der Waals surface area contributed by atoms with E-state index in [0.717, 1.165) is 25.2 Å². The van der Waals surface area contributed by atoms with Crippen LogP contribution in [0.1, 0.15) is 31.5 Å². The fourth-order valence-corrected chi connectivity index (χ4v) is 1.62. The second-order valence-electron chi connectivity index (χ2n) is 4.59. The first kappa shape index (κ1) is 14.1. The first-order valence-corrected chi connectivity index (χ1v) is 6.09. The van der Waals surface area contributed by atoms with Gasteiger partial charge in [-0.15, -0.1) is 0 Å². The molecule has 0 saturated heterocycles. The van der Waals surface area contributed by atoms with Crippen LogP contribution in [0, 0.1) is 5.82 Å². The molecule has 0 amide bonds. The van der Waals surface area contributed by atoms with Gasteiger partial charge in [0.15, 0.2) is 0 Å². The predicted molar refractivity (Wildman–Crippen MR) is 68.4 cm³/mol. The topological polar surface area (TPSA) is 28.2 Å². The standard InChI is InChI=1S/C13H22FN3/c1-11(13-7-6-12(14)10-16-13)15-8-4-5-9-17(2)3/h6-7,10-11,15H,4-5,8-9H2,1-3H3. The molecular weight excluding hydrogens is 217 g/mol. The Morgan fingerprint density at radius 3 is 2.71 bits per heavy atom. The number of pyridine rings is 1. The first-order valence-electron chi connectivity index (χ1n) is 6.09. The molecule has 0 aliphatic rings. The van der Waals surface area contributed by atoms with Gasteiger partial charge in [-0.2, -0.15) is 0 Å². The molecule has 1 aromatic rings. The van der Waals surface area contributed by atoms with Crippen molar-refractivity contribution in [3.63, 3.8) is 0 Å².